The van der Waals surface area contributed by atoms with Gasteiger partial charge in [0.05, 0.1) is 25.5 Å². The third-order valence-corrected chi connectivity index (χ3v) is 2.99. The number of hydrogen-bond donors (Lipinski definition) is 2. The summed E-state index contributed by atoms with van der Waals surface area (Å²) in [6, 6.07) is 6.92. The maximum atomic E-state index is 12.3. The van der Waals surface area contributed by atoms with Gasteiger partial charge in [0.15, 0.2) is 0 Å². The highest BCUT2D eigenvalue weighted by Crippen LogP contribution is 2.29. The quantitative estimate of drug-likeness (QED) is 0.883. The van der Waals surface area contributed by atoms with Crippen LogP contribution in [-0.2, 0) is 0 Å². The first-order valence-electron chi connectivity index (χ1n) is 6.34. The molecule has 0 saturated carbocycles. The Balaban J connectivity index is 2.27. The molecule has 2 N–H and O–H groups in total. The van der Waals surface area contributed by atoms with E-state index in [1.807, 2.05) is 0 Å². The maximum Gasteiger partial charge on any atom is 0.259 e. The van der Waals surface area contributed by atoms with Gasteiger partial charge in [0, 0.05) is 31.2 Å². The van der Waals surface area contributed by atoms with Gasteiger partial charge in [0.1, 0.15) is 11.5 Å². The highest BCUT2D eigenvalue weighted by atomic mass is 16.5. The van der Waals surface area contributed by atoms with E-state index in [0.717, 1.165) is 0 Å². The van der Waals surface area contributed by atoms with Crippen molar-refractivity contribution in [2.45, 2.75) is 0 Å². The van der Waals surface area contributed by atoms with Crippen molar-refractivity contribution in [2.75, 3.05) is 31.9 Å². The van der Waals surface area contributed by atoms with Gasteiger partial charge in [-0.3, -0.25) is 9.78 Å². The van der Waals surface area contributed by atoms with Crippen LogP contribution in [0.2, 0.25) is 0 Å². The summed E-state index contributed by atoms with van der Waals surface area (Å²) in [4.78, 5) is 16.3. The second kappa shape index (κ2) is 6.60. The summed E-state index contributed by atoms with van der Waals surface area (Å²) in [5.41, 5.74) is 1.72. The summed E-state index contributed by atoms with van der Waals surface area (Å²) >= 11 is 0. The molecule has 1 heterocycles. The summed E-state index contributed by atoms with van der Waals surface area (Å²) in [6.07, 6.45) is 3.13. The van der Waals surface area contributed by atoms with Crippen LogP contribution >= 0.6 is 0 Å². The topological polar surface area (TPSA) is 72.5 Å². The number of carbonyl (C=O) groups is 1. The monoisotopic (exact) mass is 287 g/mol. The zero-order valence-corrected chi connectivity index (χ0v) is 12.1. The molecule has 0 aliphatic rings. The van der Waals surface area contributed by atoms with Gasteiger partial charge in [-0.2, -0.15) is 0 Å². The minimum absolute atomic E-state index is 0.268. The number of aromatic nitrogens is 1. The van der Waals surface area contributed by atoms with Gasteiger partial charge in [-0.15, -0.1) is 0 Å². The first-order valence-corrected chi connectivity index (χ1v) is 6.34. The van der Waals surface area contributed by atoms with E-state index in [-0.39, 0.29) is 5.91 Å². The first-order chi connectivity index (χ1) is 10.2. The van der Waals surface area contributed by atoms with Crippen LogP contribution in [0.5, 0.6) is 11.5 Å². The van der Waals surface area contributed by atoms with Crippen molar-refractivity contribution in [3.63, 3.8) is 0 Å². The van der Waals surface area contributed by atoms with Crippen molar-refractivity contribution in [1.29, 1.82) is 0 Å². The van der Waals surface area contributed by atoms with Crippen LogP contribution in [0.15, 0.2) is 36.7 Å². The lowest BCUT2D eigenvalue weighted by Gasteiger charge is -2.13. The van der Waals surface area contributed by atoms with Gasteiger partial charge >= 0.3 is 0 Å². The van der Waals surface area contributed by atoms with Crippen molar-refractivity contribution in [1.82, 2.24) is 4.98 Å². The molecule has 0 aliphatic heterocycles. The van der Waals surface area contributed by atoms with Crippen LogP contribution < -0.4 is 20.1 Å². The number of anilines is 2. The Hall–Kier alpha value is -2.76. The number of nitrogens with zero attached hydrogens (tertiary/aromatic N) is 1. The lowest BCUT2D eigenvalue weighted by molar-refractivity contribution is 0.102. The number of nitrogens with one attached hydrogen (secondary N) is 2. The van der Waals surface area contributed by atoms with E-state index in [2.05, 4.69) is 15.6 Å². The van der Waals surface area contributed by atoms with Crippen molar-refractivity contribution in [3.8, 4) is 11.5 Å². The molecule has 2 rings (SSSR count). The fraction of sp³-hybridized carbons (Fsp3) is 0.200. The zero-order chi connectivity index (χ0) is 15.2. The zero-order valence-electron chi connectivity index (χ0n) is 12.1. The molecule has 1 amide bonds. The second-order valence-electron chi connectivity index (χ2n) is 4.19. The number of methoxy groups -OCH3 is 2. The Kier molecular flexibility index (Phi) is 4.61. The van der Waals surface area contributed by atoms with Gasteiger partial charge < -0.3 is 20.1 Å². The fourth-order valence-electron chi connectivity index (χ4n) is 1.88. The Labute approximate surface area is 123 Å². The van der Waals surface area contributed by atoms with Gasteiger partial charge in [0.25, 0.3) is 5.91 Å². The molecular formula is C15H17N3O3. The van der Waals surface area contributed by atoms with Crippen LogP contribution in [0.25, 0.3) is 0 Å². The normalized spacial score (nSPS) is 9.86. The smallest absolute Gasteiger partial charge is 0.259 e. The number of benzene rings is 1. The molecule has 0 radical (unpaired) electrons. The summed E-state index contributed by atoms with van der Waals surface area (Å²) in [7, 11) is 4.86. The lowest BCUT2D eigenvalue weighted by atomic mass is 10.2. The standard InChI is InChI=1S/C15H17N3O3/c1-16-12-6-7-17-9-11(12)15(19)18-13-5-4-10(20-2)8-14(13)21-3/h4-9H,1-3H3,(H,16,17)(H,18,19). The summed E-state index contributed by atoms with van der Waals surface area (Å²) < 4.78 is 10.4. The Morgan fingerprint density at radius 1 is 1.14 bits per heavy atom. The van der Waals surface area contributed by atoms with Crippen LogP contribution in [0.3, 0.4) is 0 Å². The molecule has 2 aromatic rings. The minimum Gasteiger partial charge on any atom is -0.497 e. The van der Waals surface area contributed by atoms with E-state index >= 15 is 0 Å². The Morgan fingerprint density at radius 3 is 2.62 bits per heavy atom. The highest BCUT2D eigenvalue weighted by molar-refractivity contribution is 6.08. The average Bonchev–Trinajstić information content (AvgIpc) is 2.55. The van der Waals surface area contributed by atoms with Crippen molar-refractivity contribution >= 4 is 17.3 Å². The number of pyridine rings is 1. The molecule has 0 saturated heterocycles. The van der Waals surface area contributed by atoms with Gasteiger partial charge in [0.2, 0.25) is 0 Å². The third-order valence-electron chi connectivity index (χ3n) is 2.99. The lowest BCUT2D eigenvalue weighted by Crippen LogP contribution is -2.15. The number of rotatable bonds is 5. The number of amides is 1. The van der Waals surface area contributed by atoms with Crippen LogP contribution in [0.4, 0.5) is 11.4 Å². The largest absolute Gasteiger partial charge is 0.497 e. The molecule has 6 nitrogen and oxygen atoms in total. The molecule has 1 aromatic carbocycles. The molecule has 6 heteroatoms. The molecule has 0 atom stereocenters. The molecule has 0 unspecified atom stereocenters. The van der Waals surface area contributed by atoms with E-state index in [9.17, 15) is 4.79 Å². The molecule has 21 heavy (non-hydrogen) atoms. The van der Waals surface area contributed by atoms with Crippen molar-refractivity contribution in [2.24, 2.45) is 0 Å². The summed E-state index contributed by atoms with van der Waals surface area (Å²) in [5.74, 6) is 0.913. The summed E-state index contributed by atoms with van der Waals surface area (Å²) in [6.45, 7) is 0. The average molecular weight is 287 g/mol. The van der Waals surface area contributed by atoms with Crippen LogP contribution in [0.1, 0.15) is 10.4 Å². The third kappa shape index (κ3) is 3.22. The fourth-order valence-corrected chi connectivity index (χ4v) is 1.88. The number of ether oxygens (including phenoxy) is 2. The molecule has 0 bridgehead atoms. The van der Waals surface area contributed by atoms with Gasteiger partial charge in [-0.1, -0.05) is 0 Å². The van der Waals surface area contributed by atoms with Gasteiger partial charge in [-0.25, -0.2) is 0 Å². The van der Waals surface area contributed by atoms with Crippen molar-refractivity contribution < 1.29 is 14.3 Å². The van der Waals surface area contributed by atoms with Crippen LogP contribution in [-0.4, -0.2) is 32.2 Å². The second-order valence-corrected chi connectivity index (χ2v) is 4.19. The van der Waals surface area contributed by atoms with Crippen LogP contribution in [0, 0.1) is 0 Å². The van der Waals surface area contributed by atoms with Crippen molar-refractivity contribution in [3.05, 3.63) is 42.2 Å². The molecule has 0 spiro atoms. The number of carbonyl (C=O) groups excluding carboxylic acids is 1. The van der Waals surface area contributed by atoms with Gasteiger partial charge in [-0.05, 0) is 18.2 Å². The molecule has 110 valence electrons. The minimum atomic E-state index is -0.268. The molecule has 1 aromatic heterocycles. The molecule has 0 fully saturated rings. The van der Waals surface area contributed by atoms with E-state index in [0.29, 0.717) is 28.4 Å². The van der Waals surface area contributed by atoms with E-state index in [4.69, 9.17) is 9.47 Å². The molecule has 0 aliphatic carbocycles. The first kappa shape index (κ1) is 14.6. The predicted octanol–water partition coefficient (Wildman–Crippen LogP) is 2.39. The van der Waals surface area contributed by atoms with E-state index < -0.39 is 0 Å². The SMILES string of the molecule is CNc1ccncc1C(=O)Nc1ccc(OC)cc1OC. The Bertz CT molecular complexity index is 644. The number of hydrogen-bond acceptors (Lipinski definition) is 5. The Morgan fingerprint density at radius 2 is 1.95 bits per heavy atom. The maximum absolute atomic E-state index is 12.3. The van der Waals surface area contributed by atoms with E-state index in [1.54, 1.807) is 44.6 Å². The molecular weight excluding hydrogens is 270 g/mol. The van der Waals surface area contributed by atoms with E-state index in [1.165, 1.54) is 13.3 Å². The highest BCUT2D eigenvalue weighted by Gasteiger charge is 2.13. The summed E-state index contributed by atoms with van der Waals surface area (Å²) in [5, 5.41) is 5.76. The predicted molar refractivity (Wildman–Crippen MR) is 81.3 cm³/mol.